The lowest BCUT2D eigenvalue weighted by Crippen LogP contribution is -2.44. The standard InChI is InChI=1S/C19H31NO/c1-12(2)15-6-9-18(20)19(11-15)21-16-7-8-17(13(3)4)14(5)10-16/h7-8,10,12-13,15,18-19H,6,9,11,20H2,1-5H3. The molecule has 3 unspecified atom stereocenters. The van der Waals surface area contributed by atoms with Gasteiger partial charge in [0.25, 0.3) is 0 Å². The second kappa shape index (κ2) is 6.83. The monoisotopic (exact) mass is 289 g/mol. The van der Waals surface area contributed by atoms with Gasteiger partial charge in [-0.2, -0.15) is 0 Å². The summed E-state index contributed by atoms with van der Waals surface area (Å²) >= 11 is 0. The van der Waals surface area contributed by atoms with Crippen molar-refractivity contribution in [3.8, 4) is 5.75 Å². The predicted molar refractivity (Wildman–Crippen MR) is 89.8 cm³/mol. The third kappa shape index (κ3) is 4.00. The molecule has 1 fully saturated rings. The van der Waals surface area contributed by atoms with E-state index in [4.69, 9.17) is 10.5 Å². The van der Waals surface area contributed by atoms with Crippen LogP contribution < -0.4 is 10.5 Å². The number of nitrogens with two attached hydrogens (primary N) is 1. The van der Waals surface area contributed by atoms with E-state index >= 15 is 0 Å². The Morgan fingerprint density at radius 3 is 2.43 bits per heavy atom. The van der Waals surface area contributed by atoms with Crippen LogP contribution in [0.4, 0.5) is 0 Å². The van der Waals surface area contributed by atoms with E-state index in [9.17, 15) is 0 Å². The van der Waals surface area contributed by atoms with E-state index in [1.807, 2.05) is 0 Å². The minimum absolute atomic E-state index is 0.162. The van der Waals surface area contributed by atoms with Crippen LogP contribution in [0, 0.1) is 18.8 Å². The van der Waals surface area contributed by atoms with Crippen molar-refractivity contribution in [2.75, 3.05) is 0 Å². The average molecular weight is 289 g/mol. The van der Waals surface area contributed by atoms with Gasteiger partial charge in [0.05, 0.1) is 0 Å². The lowest BCUT2D eigenvalue weighted by Gasteiger charge is -2.36. The summed E-state index contributed by atoms with van der Waals surface area (Å²) in [6.07, 6.45) is 3.57. The van der Waals surface area contributed by atoms with Crippen LogP contribution in [0.5, 0.6) is 5.75 Å². The molecule has 2 N–H and O–H groups in total. The maximum atomic E-state index is 6.28. The molecule has 1 aliphatic carbocycles. The zero-order valence-electron chi connectivity index (χ0n) is 14.2. The number of ether oxygens (including phenoxy) is 1. The van der Waals surface area contributed by atoms with Gasteiger partial charge >= 0.3 is 0 Å². The molecule has 1 saturated carbocycles. The molecule has 1 aromatic rings. The van der Waals surface area contributed by atoms with Crippen molar-refractivity contribution in [1.29, 1.82) is 0 Å². The Balaban J connectivity index is 2.07. The van der Waals surface area contributed by atoms with Crippen molar-refractivity contribution in [2.24, 2.45) is 17.6 Å². The molecule has 1 aliphatic rings. The number of hydrogen-bond donors (Lipinski definition) is 1. The van der Waals surface area contributed by atoms with Crippen LogP contribution in [0.25, 0.3) is 0 Å². The number of aryl methyl sites for hydroxylation is 1. The lowest BCUT2D eigenvalue weighted by atomic mass is 9.78. The van der Waals surface area contributed by atoms with Gasteiger partial charge in [0.15, 0.2) is 0 Å². The van der Waals surface area contributed by atoms with Gasteiger partial charge in [0.2, 0.25) is 0 Å². The van der Waals surface area contributed by atoms with Crippen molar-refractivity contribution in [1.82, 2.24) is 0 Å². The SMILES string of the molecule is Cc1cc(OC2CC(C(C)C)CCC2N)ccc1C(C)C. The fourth-order valence-electron chi connectivity index (χ4n) is 3.47. The van der Waals surface area contributed by atoms with Crippen molar-refractivity contribution in [3.63, 3.8) is 0 Å². The first kappa shape index (κ1) is 16.4. The molecule has 0 amide bonds. The molecule has 21 heavy (non-hydrogen) atoms. The summed E-state index contributed by atoms with van der Waals surface area (Å²) in [4.78, 5) is 0. The highest BCUT2D eigenvalue weighted by atomic mass is 16.5. The molecule has 2 nitrogen and oxygen atoms in total. The normalized spacial score (nSPS) is 26.4. The van der Waals surface area contributed by atoms with Crippen LogP contribution in [0.2, 0.25) is 0 Å². The van der Waals surface area contributed by atoms with E-state index in [-0.39, 0.29) is 12.1 Å². The zero-order valence-corrected chi connectivity index (χ0v) is 14.2. The summed E-state index contributed by atoms with van der Waals surface area (Å²) in [6.45, 7) is 11.2. The van der Waals surface area contributed by atoms with Gasteiger partial charge < -0.3 is 10.5 Å². The molecule has 0 aliphatic heterocycles. The Labute approximate surface area is 130 Å². The van der Waals surface area contributed by atoms with Crippen molar-refractivity contribution >= 4 is 0 Å². The molecular formula is C19H31NO. The Kier molecular flexibility index (Phi) is 5.32. The number of rotatable bonds is 4. The van der Waals surface area contributed by atoms with Crippen molar-refractivity contribution < 1.29 is 4.74 Å². The fraction of sp³-hybridized carbons (Fsp3) is 0.684. The molecular weight excluding hydrogens is 258 g/mol. The second-order valence-electron chi connectivity index (χ2n) is 7.31. The van der Waals surface area contributed by atoms with Crippen LogP contribution in [0.3, 0.4) is 0 Å². The van der Waals surface area contributed by atoms with Gasteiger partial charge in [-0.3, -0.25) is 0 Å². The highest BCUT2D eigenvalue weighted by Crippen LogP contribution is 2.32. The van der Waals surface area contributed by atoms with Crippen LogP contribution in [-0.2, 0) is 0 Å². The van der Waals surface area contributed by atoms with Crippen LogP contribution in [0.15, 0.2) is 18.2 Å². The molecule has 0 heterocycles. The van der Waals surface area contributed by atoms with Crippen LogP contribution in [-0.4, -0.2) is 12.1 Å². The second-order valence-corrected chi connectivity index (χ2v) is 7.31. The predicted octanol–water partition coefficient (Wildman–Crippen LogP) is 4.65. The quantitative estimate of drug-likeness (QED) is 0.875. The smallest absolute Gasteiger partial charge is 0.120 e. The van der Waals surface area contributed by atoms with E-state index in [1.165, 1.54) is 17.5 Å². The first-order valence-corrected chi connectivity index (χ1v) is 8.41. The lowest BCUT2D eigenvalue weighted by molar-refractivity contribution is 0.0867. The van der Waals surface area contributed by atoms with E-state index in [0.717, 1.165) is 24.5 Å². The van der Waals surface area contributed by atoms with Gasteiger partial charge in [-0.25, -0.2) is 0 Å². The van der Waals surface area contributed by atoms with Gasteiger partial charge in [-0.1, -0.05) is 33.8 Å². The fourth-order valence-corrected chi connectivity index (χ4v) is 3.47. The summed E-state index contributed by atoms with van der Waals surface area (Å²) in [6, 6.07) is 6.64. The minimum atomic E-state index is 0.162. The maximum Gasteiger partial charge on any atom is 0.120 e. The van der Waals surface area contributed by atoms with Crippen molar-refractivity contribution in [3.05, 3.63) is 29.3 Å². The summed E-state index contributed by atoms with van der Waals surface area (Å²) in [5.74, 6) is 2.99. The summed E-state index contributed by atoms with van der Waals surface area (Å²) in [5.41, 5.74) is 8.99. The summed E-state index contributed by atoms with van der Waals surface area (Å²) in [7, 11) is 0. The number of hydrogen-bond acceptors (Lipinski definition) is 2. The molecule has 2 heteroatoms. The minimum Gasteiger partial charge on any atom is -0.489 e. The Hall–Kier alpha value is -1.02. The Morgan fingerprint density at radius 1 is 1.14 bits per heavy atom. The summed E-state index contributed by atoms with van der Waals surface area (Å²) < 4.78 is 6.24. The third-order valence-corrected chi connectivity index (χ3v) is 4.98. The average Bonchev–Trinajstić information content (AvgIpc) is 2.40. The molecule has 0 spiro atoms. The number of benzene rings is 1. The molecule has 3 atom stereocenters. The first-order chi connectivity index (χ1) is 9.88. The zero-order chi connectivity index (χ0) is 15.6. The highest BCUT2D eigenvalue weighted by Gasteiger charge is 2.31. The van der Waals surface area contributed by atoms with Gasteiger partial charge in [0.1, 0.15) is 11.9 Å². The molecule has 0 radical (unpaired) electrons. The van der Waals surface area contributed by atoms with Gasteiger partial charge in [-0.15, -0.1) is 0 Å². The molecule has 2 rings (SSSR count). The maximum absolute atomic E-state index is 6.28. The molecule has 118 valence electrons. The molecule has 1 aromatic carbocycles. The van der Waals surface area contributed by atoms with E-state index < -0.39 is 0 Å². The molecule has 0 bridgehead atoms. The first-order valence-electron chi connectivity index (χ1n) is 8.41. The van der Waals surface area contributed by atoms with Gasteiger partial charge in [0, 0.05) is 6.04 Å². The summed E-state index contributed by atoms with van der Waals surface area (Å²) in [5, 5.41) is 0. The van der Waals surface area contributed by atoms with E-state index in [2.05, 4.69) is 52.8 Å². The Bertz CT molecular complexity index is 467. The Morgan fingerprint density at radius 2 is 1.86 bits per heavy atom. The van der Waals surface area contributed by atoms with E-state index in [1.54, 1.807) is 0 Å². The highest BCUT2D eigenvalue weighted by molar-refractivity contribution is 5.36. The molecule has 0 saturated heterocycles. The topological polar surface area (TPSA) is 35.2 Å². The van der Waals surface area contributed by atoms with Crippen LogP contribution >= 0.6 is 0 Å². The van der Waals surface area contributed by atoms with E-state index in [0.29, 0.717) is 11.8 Å². The third-order valence-electron chi connectivity index (χ3n) is 4.98. The van der Waals surface area contributed by atoms with Crippen molar-refractivity contribution in [2.45, 2.75) is 71.9 Å². The van der Waals surface area contributed by atoms with Gasteiger partial charge in [-0.05, 0) is 67.2 Å². The molecule has 0 aromatic heterocycles. The van der Waals surface area contributed by atoms with Crippen LogP contribution in [0.1, 0.15) is 64.0 Å². The largest absolute Gasteiger partial charge is 0.489 e.